The first kappa shape index (κ1) is 11.0. The lowest BCUT2D eigenvalue weighted by molar-refractivity contribution is -0.132. The summed E-state index contributed by atoms with van der Waals surface area (Å²) in [6.45, 7) is 0.764. The maximum atomic E-state index is 12.3. The molecule has 1 fully saturated rings. The molecule has 1 aromatic rings. The van der Waals surface area contributed by atoms with E-state index in [4.69, 9.17) is 4.74 Å². The first-order valence-corrected chi connectivity index (χ1v) is 6.57. The summed E-state index contributed by atoms with van der Waals surface area (Å²) in [6.07, 6.45) is 4.81. The fraction of sp³-hybridized carbons (Fsp3) is 0.533. The van der Waals surface area contributed by atoms with Crippen molar-refractivity contribution >= 4 is 5.78 Å². The molecule has 0 saturated carbocycles. The van der Waals surface area contributed by atoms with Crippen molar-refractivity contribution in [3.8, 4) is 0 Å². The third kappa shape index (κ3) is 2.14. The van der Waals surface area contributed by atoms with E-state index in [2.05, 4.69) is 24.3 Å². The van der Waals surface area contributed by atoms with Crippen LogP contribution < -0.4 is 0 Å². The number of aryl methyl sites for hydroxylation is 1. The molecule has 2 nitrogen and oxygen atoms in total. The van der Waals surface area contributed by atoms with Crippen molar-refractivity contribution in [1.82, 2.24) is 0 Å². The van der Waals surface area contributed by atoms with Crippen LogP contribution in [0.5, 0.6) is 0 Å². The summed E-state index contributed by atoms with van der Waals surface area (Å²) in [5, 5.41) is 0. The largest absolute Gasteiger partial charge is 0.370 e. The number of ketones is 1. The Hall–Kier alpha value is -1.15. The van der Waals surface area contributed by atoms with E-state index in [9.17, 15) is 4.79 Å². The smallest absolute Gasteiger partial charge is 0.164 e. The highest BCUT2D eigenvalue weighted by atomic mass is 16.5. The zero-order valence-electron chi connectivity index (χ0n) is 10.0. The molecule has 17 heavy (non-hydrogen) atoms. The summed E-state index contributed by atoms with van der Waals surface area (Å²) in [4.78, 5) is 12.3. The van der Waals surface area contributed by atoms with Gasteiger partial charge < -0.3 is 4.74 Å². The number of carbonyl (C=O) groups is 1. The van der Waals surface area contributed by atoms with Gasteiger partial charge in [-0.3, -0.25) is 4.79 Å². The minimum absolute atomic E-state index is 0.106. The molecule has 0 amide bonds. The number of ether oxygens (including phenoxy) is 1. The first-order valence-electron chi connectivity index (χ1n) is 6.57. The molecule has 0 aromatic heterocycles. The molecular weight excluding hydrogens is 212 g/mol. The van der Waals surface area contributed by atoms with Crippen molar-refractivity contribution in [2.24, 2.45) is 5.92 Å². The summed E-state index contributed by atoms with van der Waals surface area (Å²) in [7, 11) is 0. The molecule has 2 atom stereocenters. The normalized spacial score (nSPS) is 27.8. The van der Waals surface area contributed by atoms with E-state index in [1.54, 1.807) is 0 Å². The van der Waals surface area contributed by atoms with E-state index < -0.39 is 0 Å². The fourth-order valence-electron chi connectivity index (χ4n) is 3.01. The van der Waals surface area contributed by atoms with Gasteiger partial charge in [0, 0.05) is 12.5 Å². The van der Waals surface area contributed by atoms with E-state index >= 15 is 0 Å². The van der Waals surface area contributed by atoms with Crippen molar-refractivity contribution in [2.45, 2.75) is 38.2 Å². The summed E-state index contributed by atoms with van der Waals surface area (Å²) in [5.74, 6) is 0.532. The van der Waals surface area contributed by atoms with Gasteiger partial charge in [0.1, 0.15) is 6.10 Å². The van der Waals surface area contributed by atoms with Crippen LogP contribution in [0.15, 0.2) is 24.3 Å². The monoisotopic (exact) mass is 230 g/mol. The molecule has 1 aromatic carbocycles. The molecule has 1 heterocycles. The topological polar surface area (TPSA) is 26.3 Å². The van der Waals surface area contributed by atoms with Crippen molar-refractivity contribution in [3.63, 3.8) is 0 Å². The molecule has 0 radical (unpaired) electrons. The number of carbonyl (C=O) groups excluding carboxylic acids is 1. The van der Waals surface area contributed by atoms with E-state index in [1.165, 1.54) is 11.1 Å². The van der Waals surface area contributed by atoms with Gasteiger partial charge >= 0.3 is 0 Å². The second kappa shape index (κ2) is 4.61. The number of benzene rings is 1. The van der Waals surface area contributed by atoms with Crippen LogP contribution in [0, 0.1) is 5.92 Å². The number of hydrogen-bond donors (Lipinski definition) is 0. The Morgan fingerprint density at radius 3 is 2.76 bits per heavy atom. The maximum Gasteiger partial charge on any atom is 0.164 e. The van der Waals surface area contributed by atoms with Crippen LogP contribution >= 0.6 is 0 Å². The molecule has 1 saturated heterocycles. The van der Waals surface area contributed by atoms with Gasteiger partial charge in [-0.2, -0.15) is 0 Å². The highest BCUT2D eigenvalue weighted by molar-refractivity contribution is 5.86. The van der Waals surface area contributed by atoms with E-state index in [1.807, 2.05) is 0 Å². The van der Waals surface area contributed by atoms with E-state index in [-0.39, 0.29) is 12.0 Å². The zero-order valence-corrected chi connectivity index (χ0v) is 10.0. The van der Waals surface area contributed by atoms with E-state index in [0.29, 0.717) is 5.78 Å². The number of fused-ring (bicyclic) bond motifs is 1. The van der Waals surface area contributed by atoms with Crippen LogP contribution in [-0.4, -0.2) is 18.5 Å². The Bertz CT molecular complexity index is 419. The summed E-state index contributed by atoms with van der Waals surface area (Å²) < 4.78 is 5.51. The van der Waals surface area contributed by atoms with Crippen LogP contribution in [0.3, 0.4) is 0 Å². The van der Waals surface area contributed by atoms with Crippen LogP contribution in [0.2, 0.25) is 0 Å². The highest BCUT2D eigenvalue weighted by Crippen LogP contribution is 2.28. The SMILES string of the molecule is O=C(C1CCc2ccccc2C1)C1CCCO1. The van der Waals surface area contributed by atoms with Crippen molar-refractivity contribution in [3.05, 3.63) is 35.4 Å². The first-order chi connectivity index (χ1) is 8.34. The van der Waals surface area contributed by atoms with Gasteiger partial charge in [0.25, 0.3) is 0 Å². The average molecular weight is 230 g/mol. The zero-order chi connectivity index (χ0) is 11.7. The fourth-order valence-corrected chi connectivity index (χ4v) is 3.01. The van der Waals surface area contributed by atoms with Crippen molar-refractivity contribution in [1.29, 1.82) is 0 Å². The minimum atomic E-state index is -0.106. The maximum absolute atomic E-state index is 12.3. The molecule has 2 unspecified atom stereocenters. The van der Waals surface area contributed by atoms with Gasteiger partial charge in [0.15, 0.2) is 5.78 Å². The molecule has 0 N–H and O–H groups in total. The Morgan fingerprint density at radius 1 is 1.18 bits per heavy atom. The minimum Gasteiger partial charge on any atom is -0.370 e. The molecule has 0 bridgehead atoms. The quantitative estimate of drug-likeness (QED) is 0.780. The standard InChI is InChI=1S/C15H18O2/c16-15(14-6-3-9-17-14)13-8-7-11-4-1-2-5-12(11)10-13/h1-2,4-5,13-14H,3,6-10H2. The van der Waals surface area contributed by atoms with Gasteiger partial charge in [0.05, 0.1) is 0 Å². The highest BCUT2D eigenvalue weighted by Gasteiger charge is 2.32. The molecule has 1 aliphatic carbocycles. The van der Waals surface area contributed by atoms with Crippen molar-refractivity contribution in [2.75, 3.05) is 6.61 Å². The number of hydrogen-bond acceptors (Lipinski definition) is 2. The molecule has 1 aliphatic heterocycles. The molecule has 0 spiro atoms. The van der Waals surface area contributed by atoms with Gasteiger partial charge in [-0.25, -0.2) is 0 Å². The lowest BCUT2D eigenvalue weighted by atomic mass is 9.80. The van der Waals surface area contributed by atoms with Gasteiger partial charge in [0.2, 0.25) is 0 Å². The molecular formula is C15H18O2. The Kier molecular flexibility index (Phi) is 2.98. The molecule has 2 heteroatoms. The summed E-state index contributed by atoms with van der Waals surface area (Å²) >= 11 is 0. The Labute approximate surface area is 102 Å². The Balaban J connectivity index is 1.73. The lowest BCUT2D eigenvalue weighted by Gasteiger charge is -2.25. The predicted molar refractivity (Wildman–Crippen MR) is 65.9 cm³/mol. The molecule has 90 valence electrons. The number of Topliss-reactive ketones (excluding diaryl/α,β-unsaturated/α-hetero) is 1. The summed E-state index contributed by atoms with van der Waals surface area (Å²) in [6, 6.07) is 8.49. The second-order valence-corrected chi connectivity index (χ2v) is 5.11. The lowest BCUT2D eigenvalue weighted by Crippen LogP contribution is -2.31. The van der Waals surface area contributed by atoms with Gasteiger partial charge in [-0.1, -0.05) is 24.3 Å². The second-order valence-electron chi connectivity index (χ2n) is 5.11. The van der Waals surface area contributed by atoms with E-state index in [0.717, 1.165) is 38.7 Å². The van der Waals surface area contributed by atoms with Crippen LogP contribution in [0.1, 0.15) is 30.4 Å². The molecule has 2 aliphatic rings. The predicted octanol–water partition coefficient (Wildman–Crippen LogP) is 2.54. The van der Waals surface area contributed by atoms with Crippen LogP contribution in [0.25, 0.3) is 0 Å². The molecule has 3 rings (SSSR count). The average Bonchev–Trinajstić information content (AvgIpc) is 2.91. The van der Waals surface area contributed by atoms with Gasteiger partial charge in [-0.05, 0) is 43.2 Å². The van der Waals surface area contributed by atoms with Crippen molar-refractivity contribution < 1.29 is 9.53 Å². The number of rotatable bonds is 2. The third-order valence-corrected chi connectivity index (χ3v) is 4.00. The van der Waals surface area contributed by atoms with Crippen LogP contribution in [0.4, 0.5) is 0 Å². The van der Waals surface area contributed by atoms with Crippen LogP contribution in [-0.2, 0) is 22.4 Å². The summed E-state index contributed by atoms with van der Waals surface area (Å²) in [5.41, 5.74) is 2.78. The third-order valence-electron chi connectivity index (χ3n) is 4.00. The Morgan fingerprint density at radius 2 is 2.00 bits per heavy atom. The van der Waals surface area contributed by atoms with Gasteiger partial charge in [-0.15, -0.1) is 0 Å².